The minimum Gasteiger partial charge on any atom is -0.374 e. The van der Waals surface area contributed by atoms with Gasteiger partial charge in [0.1, 0.15) is 0 Å². The van der Waals surface area contributed by atoms with E-state index in [9.17, 15) is 4.79 Å². The molecule has 4 nitrogen and oxygen atoms in total. The largest absolute Gasteiger partial charge is 0.374 e. The number of morpholine rings is 1. The topological polar surface area (TPSA) is 55.6 Å². The molecule has 0 aliphatic carbocycles. The summed E-state index contributed by atoms with van der Waals surface area (Å²) in [6.45, 7) is 6.54. The Morgan fingerprint density at radius 1 is 1.64 bits per heavy atom. The summed E-state index contributed by atoms with van der Waals surface area (Å²) in [5.41, 5.74) is 5.46. The molecular formula is C10H20N2O2. The first-order valence-electron chi connectivity index (χ1n) is 5.25. The molecule has 0 radical (unpaired) electrons. The fraction of sp³-hybridized carbons (Fsp3) is 0.900. The van der Waals surface area contributed by atoms with Crippen molar-refractivity contribution in [3.05, 3.63) is 0 Å². The molecular weight excluding hydrogens is 180 g/mol. The third-order valence-electron chi connectivity index (χ3n) is 2.43. The molecule has 4 heteroatoms. The van der Waals surface area contributed by atoms with Gasteiger partial charge in [0.2, 0.25) is 5.91 Å². The fourth-order valence-corrected chi connectivity index (χ4v) is 1.65. The molecule has 1 fully saturated rings. The van der Waals surface area contributed by atoms with Crippen molar-refractivity contribution in [3.8, 4) is 0 Å². The van der Waals surface area contributed by atoms with Crippen LogP contribution in [-0.2, 0) is 9.53 Å². The summed E-state index contributed by atoms with van der Waals surface area (Å²) in [4.78, 5) is 13.6. The lowest BCUT2D eigenvalue weighted by molar-refractivity contribution is -0.142. The van der Waals surface area contributed by atoms with Crippen LogP contribution < -0.4 is 5.73 Å². The van der Waals surface area contributed by atoms with Crippen molar-refractivity contribution in [2.24, 2.45) is 11.7 Å². The Morgan fingerprint density at radius 2 is 2.36 bits per heavy atom. The predicted octanol–water partition coefficient (Wildman–Crippen LogP) is 0.219. The number of rotatable bonds is 3. The molecule has 1 amide bonds. The van der Waals surface area contributed by atoms with Gasteiger partial charge in [-0.3, -0.25) is 4.79 Å². The summed E-state index contributed by atoms with van der Waals surface area (Å²) in [7, 11) is 0. The maximum Gasteiger partial charge on any atom is 0.225 e. The van der Waals surface area contributed by atoms with Crippen molar-refractivity contribution in [2.75, 3.05) is 26.2 Å². The van der Waals surface area contributed by atoms with Crippen molar-refractivity contribution >= 4 is 5.91 Å². The van der Waals surface area contributed by atoms with Crippen LogP contribution in [0, 0.1) is 5.92 Å². The summed E-state index contributed by atoms with van der Waals surface area (Å²) in [6.07, 6.45) is 0.971. The minimum absolute atomic E-state index is 0.0756. The zero-order valence-electron chi connectivity index (χ0n) is 9.03. The van der Waals surface area contributed by atoms with E-state index in [2.05, 4.69) is 0 Å². The highest BCUT2D eigenvalue weighted by atomic mass is 16.5. The van der Waals surface area contributed by atoms with Crippen LogP contribution in [0.5, 0.6) is 0 Å². The normalized spacial score (nSPS) is 22.9. The average molecular weight is 200 g/mol. The first kappa shape index (κ1) is 11.5. The maximum atomic E-state index is 11.7. The molecule has 0 aromatic carbocycles. The molecule has 1 rings (SSSR count). The molecule has 1 aliphatic heterocycles. The van der Waals surface area contributed by atoms with E-state index in [1.807, 2.05) is 18.7 Å². The van der Waals surface area contributed by atoms with Gasteiger partial charge in [0.05, 0.1) is 12.7 Å². The molecule has 2 N–H and O–H groups in total. The van der Waals surface area contributed by atoms with Crippen LogP contribution in [0.15, 0.2) is 0 Å². The van der Waals surface area contributed by atoms with Crippen LogP contribution >= 0.6 is 0 Å². The lowest BCUT2D eigenvalue weighted by Crippen LogP contribution is -2.47. The van der Waals surface area contributed by atoms with Crippen LogP contribution in [0.3, 0.4) is 0 Å². The average Bonchev–Trinajstić information content (AvgIpc) is 2.17. The number of carbonyl (C=O) groups is 1. The Labute approximate surface area is 85.4 Å². The fourth-order valence-electron chi connectivity index (χ4n) is 1.65. The van der Waals surface area contributed by atoms with E-state index < -0.39 is 0 Å². The van der Waals surface area contributed by atoms with Crippen LogP contribution in [-0.4, -0.2) is 43.2 Å². The monoisotopic (exact) mass is 200 g/mol. The number of ether oxygens (including phenoxy) is 1. The summed E-state index contributed by atoms with van der Waals surface area (Å²) < 4.78 is 5.50. The highest BCUT2D eigenvalue weighted by molar-refractivity contribution is 5.78. The lowest BCUT2D eigenvalue weighted by Gasteiger charge is -2.33. The molecule has 0 saturated carbocycles. The molecule has 0 aromatic rings. The SMILES string of the molecule is CC(C)C(=O)N1CCOC(CCN)C1. The Hall–Kier alpha value is -0.610. The van der Waals surface area contributed by atoms with Gasteiger partial charge in [0.25, 0.3) is 0 Å². The first-order valence-corrected chi connectivity index (χ1v) is 5.25. The third kappa shape index (κ3) is 2.96. The van der Waals surface area contributed by atoms with Crippen molar-refractivity contribution in [2.45, 2.75) is 26.4 Å². The van der Waals surface area contributed by atoms with Gasteiger partial charge in [0.15, 0.2) is 0 Å². The van der Waals surface area contributed by atoms with E-state index in [-0.39, 0.29) is 17.9 Å². The molecule has 0 bridgehead atoms. The second kappa shape index (κ2) is 5.32. The van der Waals surface area contributed by atoms with Gasteiger partial charge in [-0.05, 0) is 13.0 Å². The Balaban J connectivity index is 2.43. The molecule has 82 valence electrons. The van der Waals surface area contributed by atoms with E-state index in [1.54, 1.807) is 0 Å². The van der Waals surface area contributed by atoms with E-state index in [4.69, 9.17) is 10.5 Å². The lowest BCUT2D eigenvalue weighted by atomic mass is 10.1. The molecule has 14 heavy (non-hydrogen) atoms. The number of hydrogen-bond donors (Lipinski definition) is 1. The molecule has 1 atom stereocenters. The van der Waals surface area contributed by atoms with E-state index in [0.717, 1.165) is 13.0 Å². The van der Waals surface area contributed by atoms with Crippen molar-refractivity contribution in [3.63, 3.8) is 0 Å². The number of hydrogen-bond acceptors (Lipinski definition) is 3. The highest BCUT2D eigenvalue weighted by Crippen LogP contribution is 2.11. The second-order valence-electron chi connectivity index (χ2n) is 4.01. The Bertz CT molecular complexity index is 193. The summed E-state index contributed by atoms with van der Waals surface area (Å²) in [5, 5.41) is 0. The maximum absolute atomic E-state index is 11.7. The number of amides is 1. The predicted molar refractivity (Wildman–Crippen MR) is 54.8 cm³/mol. The molecule has 1 unspecified atom stereocenters. The zero-order valence-corrected chi connectivity index (χ0v) is 9.03. The first-order chi connectivity index (χ1) is 6.65. The molecule has 1 aliphatic rings. The van der Waals surface area contributed by atoms with Gasteiger partial charge >= 0.3 is 0 Å². The standard InChI is InChI=1S/C10H20N2O2/c1-8(2)10(13)12-5-6-14-9(7-12)3-4-11/h8-9H,3-7,11H2,1-2H3. The van der Waals surface area contributed by atoms with Gasteiger partial charge in [-0.15, -0.1) is 0 Å². The van der Waals surface area contributed by atoms with E-state index >= 15 is 0 Å². The number of nitrogens with zero attached hydrogens (tertiary/aromatic N) is 1. The van der Waals surface area contributed by atoms with Gasteiger partial charge in [0, 0.05) is 19.0 Å². The summed E-state index contributed by atoms with van der Waals surface area (Å²) in [6, 6.07) is 0. The number of nitrogens with two attached hydrogens (primary N) is 1. The van der Waals surface area contributed by atoms with Crippen molar-refractivity contribution in [1.82, 2.24) is 4.90 Å². The van der Waals surface area contributed by atoms with Gasteiger partial charge in [-0.2, -0.15) is 0 Å². The molecule has 1 saturated heterocycles. The smallest absolute Gasteiger partial charge is 0.225 e. The molecule has 0 aromatic heterocycles. The Kier molecular flexibility index (Phi) is 4.35. The van der Waals surface area contributed by atoms with Crippen LogP contribution in [0.1, 0.15) is 20.3 Å². The van der Waals surface area contributed by atoms with E-state index in [0.29, 0.717) is 19.7 Å². The summed E-state index contributed by atoms with van der Waals surface area (Å²) in [5.74, 6) is 0.293. The van der Waals surface area contributed by atoms with Gasteiger partial charge in [-0.25, -0.2) is 0 Å². The Morgan fingerprint density at radius 3 is 2.93 bits per heavy atom. The molecule has 1 heterocycles. The molecule has 0 spiro atoms. The zero-order chi connectivity index (χ0) is 10.6. The van der Waals surface area contributed by atoms with Crippen LogP contribution in [0.25, 0.3) is 0 Å². The summed E-state index contributed by atoms with van der Waals surface area (Å²) >= 11 is 0. The minimum atomic E-state index is 0.0756. The quantitative estimate of drug-likeness (QED) is 0.709. The van der Waals surface area contributed by atoms with Crippen LogP contribution in [0.2, 0.25) is 0 Å². The van der Waals surface area contributed by atoms with Crippen molar-refractivity contribution < 1.29 is 9.53 Å². The second-order valence-corrected chi connectivity index (χ2v) is 4.01. The van der Waals surface area contributed by atoms with Crippen LogP contribution in [0.4, 0.5) is 0 Å². The van der Waals surface area contributed by atoms with E-state index in [1.165, 1.54) is 0 Å². The third-order valence-corrected chi connectivity index (χ3v) is 2.43. The van der Waals surface area contributed by atoms with Gasteiger partial charge in [-0.1, -0.05) is 13.8 Å². The number of carbonyl (C=O) groups excluding carboxylic acids is 1. The van der Waals surface area contributed by atoms with Crippen molar-refractivity contribution in [1.29, 1.82) is 0 Å². The van der Waals surface area contributed by atoms with Gasteiger partial charge < -0.3 is 15.4 Å². The highest BCUT2D eigenvalue weighted by Gasteiger charge is 2.24.